The van der Waals surface area contributed by atoms with E-state index in [2.05, 4.69) is 46.7 Å². The van der Waals surface area contributed by atoms with E-state index in [9.17, 15) is 4.79 Å². The van der Waals surface area contributed by atoms with E-state index in [1.165, 1.54) is 19.3 Å². The zero-order valence-electron chi connectivity index (χ0n) is 18.9. The molecule has 0 spiro atoms. The lowest BCUT2D eigenvalue weighted by molar-refractivity contribution is -0.135. The summed E-state index contributed by atoms with van der Waals surface area (Å²) in [6, 6.07) is 0.279. The Bertz CT molecular complexity index is 709. The van der Waals surface area contributed by atoms with Crippen molar-refractivity contribution in [1.82, 2.24) is 20.5 Å². The third-order valence-electron chi connectivity index (χ3n) is 5.97. The summed E-state index contributed by atoms with van der Waals surface area (Å²) in [6.45, 7) is 9.03. The normalized spacial score (nSPS) is 20.7. The van der Waals surface area contributed by atoms with Gasteiger partial charge in [0, 0.05) is 55.9 Å². The third kappa shape index (κ3) is 7.07. The Morgan fingerprint density at radius 3 is 2.63 bits per heavy atom. The molecule has 2 heterocycles. The fourth-order valence-corrected chi connectivity index (χ4v) is 5.16. The summed E-state index contributed by atoms with van der Waals surface area (Å²) in [5.41, 5.74) is 1.26. The number of guanidine groups is 1. The molecule has 1 saturated carbocycles. The fraction of sp³-hybridized carbons (Fsp3) is 0.773. The van der Waals surface area contributed by atoms with Gasteiger partial charge < -0.3 is 15.5 Å². The van der Waals surface area contributed by atoms with E-state index in [0.29, 0.717) is 5.91 Å². The maximum absolute atomic E-state index is 12.7. The summed E-state index contributed by atoms with van der Waals surface area (Å²) in [5.74, 6) is 1.45. The Kier molecular flexibility index (Phi) is 9.84. The molecule has 1 saturated heterocycles. The van der Waals surface area contributed by atoms with Crippen molar-refractivity contribution in [3.8, 4) is 0 Å². The lowest BCUT2D eigenvalue weighted by Gasteiger charge is -2.26. The monoisotopic (exact) mass is 547 g/mol. The highest BCUT2D eigenvalue weighted by Gasteiger charge is 2.31. The van der Waals surface area contributed by atoms with Gasteiger partial charge in [-0.1, -0.05) is 40.0 Å². The van der Waals surface area contributed by atoms with E-state index in [0.717, 1.165) is 62.0 Å². The maximum atomic E-state index is 12.7. The van der Waals surface area contributed by atoms with Gasteiger partial charge in [-0.05, 0) is 19.3 Å². The van der Waals surface area contributed by atoms with Crippen LogP contribution in [0.15, 0.2) is 10.4 Å². The molecule has 0 aromatic carbocycles. The first kappa shape index (κ1) is 25.4. The molecule has 6 nitrogen and oxygen atoms in total. The highest BCUT2D eigenvalue weighted by atomic mass is 127. The number of thiazole rings is 1. The first-order valence-electron chi connectivity index (χ1n) is 11.1. The molecule has 1 aliphatic carbocycles. The molecular formula is C22H38IN5OS. The second-order valence-corrected chi connectivity index (χ2v) is 10.3. The molecule has 2 N–H and O–H groups in total. The average Bonchev–Trinajstić information content (AvgIpc) is 3.37. The molecule has 1 unspecified atom stereocenters. The van der Waals surface area contributed by atoms with Crippen molar-refractivity contribution in [3.05, 3.63) is 16.1 Å². The van der Waals surface area contributed by atoms with Gasteiger partial charge in [-0.15, -0.1) is 35.3 Å². The van der Waals surface area contributed by atoms with Crippen molar-refractivity contribution in [3.63, 3.8) is 0 Å². The molecule has 1 aromatic rings. The van der Waals surface area contributed by atoms with Crippen LogP contribution >= 0.6 is 35.3 Å². The van der Waals surface area contributed by atoms with E-state index in [4.69, 9.17) is 4.98 Å². The summed E-state index contributed by atoms with van der Waals surface area (Å²) >= 11 is 1.73. The second kappa shape index (κ2) is 11.6. The first-order chi connectivity index (χ1) is 13.9. The molecule has 1 amide bonds. The van der Waals surface area contributed by atoms with E-state index in [-0.39, 0.29) is 41.4 Å². The number of aliphatic imine (C=N–C) groups is 1. The number of halogens is 1. The van der Waals surface area contributed by atoms with E-state index in [1.807, 2.05) is 0 Å². The van der Waals surface area contributed by atoms with Crippen molar-refractivity contribution in [2.24, 2.45) is 10.9 Å². The van der Waals surface area contributed by atoms with Gasteiger partial charge in [0.2, 0.25) is 5.91 Å². The number of amides is 1. The van der Waals surface area contributed by atoms with Crippen LogP contribution in [0.5, 0.6) is 0 Å². The number of carbonyl (C=O) groups is 1. The molecule has 8 heteroatoms. The van der Waals surface area contributed by atoms with Gasteiger partial charge in [-0.3, -0.25) is 9.79 Å². The van der Waals surface area contributed by atoms with Crippen molar-refractivity contribution >= 4 is 47.2 Å². The standard InChI is InChI=1S/C22H37N5OS.HI/c1-22(2,3)18-15-29-19(26-18)10-12-24-21(23-4)25-17-11-13-27(14-17)20(28)16-8-6-5-7-9-16;/h15-17H,5-14H2,1-4H3,(H2,23,24,25);1H. The summed E-state index contributed by atoms with van der Waals surface area (Å²) in [5, 5.41) is 10.2. The van der Waals surface area contributed by atoms with Gasteiger partial charge in [-0.2, -0.15) is 0 Å². The Balaban J connectivity index is 0.00000320. The van der Waals surface area contributed by atoms with Crippen LogP contribution in [0.2, 0.25) is 0 Å². The number of rotatable bonds is 5. The van der Waals surface area contributed by atoms with Crippen LogP contribution in [0.4, 0.5) is 0 Å². The highest BCUT2D eigenvalue weighted by molar-refractivity contribution is 14.0. The largest absolute Gasteiger partial charge is 0.356 e. The Morgan fingerprint density at radius 1 is 1.27 bits per heavy atom. The number of hydrogen-bond donors (Lipinski definition) is 2. The summed E-state index contributed by atoms with van der Waals surface area (Å²) in [6.07, 6.45) is 7.72. The topological polar surface area (TPSA) is 69.6 Å². The highest BCUT2D eigenvalue weighted by Crippen LogP contribution is 2.27. The molecule has 0 radical (unpaired) electrons. The number of carbonyl (C=O) groups excluding carboxylic acids is 1. The summed E-state index contributed by atoms with van der Waals surface area (Å²) in [7, 11) is 1.80. The Morgan fingerprint density at radius 2 is 2.00 bits per heavy atom. The quantitative estimate of drug-likeness (QED) is 0.333. The lowest BCUT2D eigenvalue weighted by Crippen LogP contribution is -2.46. The van der Waals surface area contributed by atoms with Crippen LogP contribution in [0.1, 0.15) is 70.0 Å². The minimum Gasteiger partial charge on any atom is -0.356 e. The third-order valence-corrected chi connectivity index (χ3v) is 6.88. The van der Waals surface area contributed by atoms with Crippen molar-refractivity contribution in [1.29, 1.82) is 0 Å². The second-order valence-electron chi connectivity index (χ2n) is 9.37. The number of likely N-dealkylation sites (tertiary alicyclic amines) is 1. The molecule has 2 aliphatic rings. The number of aromatic nitrogens is 1. The van der Waals surface area contributed by atoms with Crippen LogP contribution in [-0.2, 0) is 16.6 Å². The van der Waals surface area contributed by atoms with Crippen molar-refractivity contribution < 1.29 is 4.79 Å². The average molecular weight is 548 g/mol. The maximum Gasteiger partial charge on any atom is 0.225 e. The predicted octanol–water partition coefficient (Wildman–Crippen LogP) is 3.95. The molecule has 30 heavy (non-hydrogen) atoms. The van der Waals surface area contributed by atoms with Gasteiger partial charge in [-0.25, -0.2) is 4.98 Å². The molecule has 170 valence electrons. The number of nitrogens with zero attached hydrogens (tertiary/aromatic N) is 3. The molecule has 2 fully saturated rings. The molecule has 0 bridgehead atoms. The van der Waals surface area contributed by atoms with Crippen LogP contribution in [0.3, 0.4) is 0 Å². The van der Waals surface area contributed by atoms with Gasteiger partial charge in [0.25, 0.3) is 0 Å². The molecule has 1 aliphatic heterocycles. The predicted molar refractivity (Wildman–Crippen MR) is 136 cm³/mol. The minimum atomic E-state index is 0. The number of hydrogen-bond acceptors (Lipinski definition) is 4. The molecular weight excluding hydrogens is 509 g/mol. The van der Waals surface area contributed by atoms with E-state index < -0.39 is 0 Å². The van der Waals surface area contributed by atoms with Gasteiger partial charge in [0.1, 0.15) is 0 Å². The minimum absolute atomic E-state index is 0. The Hall–Kier alpha value is -0.900. The molecule has 1 atom stereocenters. The van der Waals surface area contributed by atoms with Crippen molar-refractivity contribution in [2.45, 2.75) is 77.2 Å². The van der Waals surface area contributed by atoms with Gasteiger partial charge in [0.15, 0.2) is 5.96 Å². The zero-order valence-corrected chi connectivity index (χ0v) is 22.0. The van der Waals surface area contributed by atoms with Crippen LogP contribution in [0.25, 0.3) is 0 Å². The fourth-order valence-electron chi connectivity index (χ4n) is 4.13. The SMILES string of the molecule is CN=C(NCCc1nc(C(C)(C)C)cs1)NC1CCN(C(=O)C2CCCCC2)C1.I. The van der Waals surface area contributed by atoms with E-state index in [1.54, 1.807) is 18.4 Å². The van der Waals surface area contributed by atoms with Crippen LogP contribution < -0.4 is 10.6 Å². The van der Waals surface area contributed by atoms with E-state index >= 15 is 0 Å². The smallest absolute Gasteiger partial charge is 0.225 e. The van der Waals surface area contributed by atoms with Crippen LogP contribution in [-0.4, -0.2) is 54.5 Å². The lowest BCUT2D eigenvalue weighted by atomic mass is 9.88. The molecule has 1 aromatic heterocycles. The Labute approximate surface area is 202 Å². The van der Waals surface area contributed by atoms with Crippen molar-refractivity contribution in [2.75, 3.05) is 26.7 Å². The molecule has 3 rings (SSSR count). The first-order valence-corrected chi connectivity index (χ1v) is 12.0. The van der Waals surface area contributed by atoms with Gasteiger partial charge >= 0.3 is 0 Å². The van der Waals surface area contributed by atoms with Crippen LogP contribution in [0, 0.1) is 5.92 Å². The number of nitrogens with one attached hydrogen (secondary N) is 2. The van der Waals surface area contributed by atoms with Gasteiger partial charge in [0.05, 0.1) is 10.7 Å². The summed E-state index contributed by atoms with van der Waals surface area (Å²) < 4.78 is 0. The summed E-state index contributed by atoms with van der Waals surface area (Å²) in [4.78, 5) is 23.9. The zero-order chi connectivity index (χ0) is 20.9.